The van der Waals surface area contributed by atoms with Crippen molar-refractivity contribution in [2.75, 3.05) is 24.0 Å². The second kappa shape index (κ2) is 14.8. The second-order valence-electron chi connectivity index (χ2n) is 9.26. The van der Waals surface area contributed by atoms with Crippen LogP contribution in [0.5, 0.6) is 5.75 Å². The molecule has 0 radical (unpaired) electrons. The van der Waals surface area contributed by atoms with Gasteiger partial charge in [0.05, 0.1) is 17.2 Å². The molecule has 0 aliphatic heterocycles. The molecule has 1 N–H and O–H groups in total. The molecule has 0 bridgehead atoms. The van der Waals surface area contributed by atoms with Crippen LogP contribution in [0, 0.1) is 5.82 Å². The molecule has 0 heterocycles. The molecule has 220 valence electrons. The number of halogens is 2. The first-order chi connectivity index (χ1) is 19.6. The van der Waals surface area contributed by atoms with Crippen LogP contribution >= 0.6 is 11.6 Å². The van der Waals surface area contributed by atoms with Crippen LogP contribution in [0.15, 0.2) is 77.7 Å². The van der Waals surface area contributed by atoms with E-state index in [1.165, 1.54) is 17.0 Å². The van der Waals surface area contributed by atoms with Crippen molar-refractivity contribution in [2.45, 2.75) is 51.1 Å². The van der Waals surface area contributed by atoms with Gasteiger partial charge in [0, 0.05) is 18.1 Å². The summed E-state index contributed by atoms with van der Waals surface area (Å²) in [5.74, 6) is -0.973. The Morgan fingerprint density at radius 3 is 2.15 bits per heavy atom. The van der Waals surface area contributed by atoms with Crippen LogP contribution in [-0.2, 0) is 26.2 Å². The van der Waals surface area contributed by atoms with Crippen molar-refractivity contribution in [2.24, 2.45) is 0 Å². The minimum Gasteiger partial charge on any atom is -0.494 e. The molecule has 0 saturated heterocycles. The Bertz CT molecular complexity index is 1400. The third kappa shape index (κ3) is 8.43. The summed E-state index contributed by atoms with van der Waals surface area (Å²) in [6, 6.07) is 16.7. The fourth-order valence-corrected chi connectivity index (χ4v) is 5.75. The van der Waals surface area contributed by atoms with Crippen LogP contribution < -0.4 is 14.4 Å². The number of carbonyl (C=O) groups is 2. The van der Waals surface area contributed by atoms with E-state index in [0.717, 1.165) is 40.6 Å². The molecule has 11 heteroatoms. The van der Waals surface area contributed by atoms with E-state index in [1.807, 2.05) is 13.8 Å². The van der Waals surface area contributed by atoms with Crippen LogP contribution in [0.1, 0.15) is 39.2 Å². The Hall–Kier alpha value is -3.63. The maximum atomic E-state index is 14.0. The molecular weight excluding hydrogens is 569 g/mol. The molecule has 3 rings (SSSR count). The monoisotopic (exact) mass is 603 g/mol. The van der Waals surface area contributed by atoms with Crippen molar-refractivity contribution in [1.29, 1.82) is 0 Å². The van der Waals surface area contributed by atoms with Gasteiger partial charge in [-0.1, -0.05) is 37.6 Å². The van der Waals surface area contributed by atoms with E-state index in [9.17, 15) is 22.4 Å². The molecule has 8 nitrogen and oxygen atoms in total. The van der Waals surface area contributed by atoms with E-state index in [-0.39, 0.29) is 23.0 Å². The predicted octanol–water partition coefficient (Wildman–Crippen LogP) is 5.41. The average Bonchev–Trinajstić information content (AvgIpc) is 2.96. The number of hydrogen-bond acceptors (Lipinski definition) is 5. The van der Waals surface area contributed by atoms with Crippen molar-refractivity contribution in [1.82, 2.24) is 10.2 Å². The van der Waals surface area contributed by atoms with Gasteiger partial charge in [-0.15, -0.1) is 0 Å². The maximum absolute atomic E-state index is 14.0. The highest BCUT2D eigenvalue weighted by Gasteiger charge is 2.33. The minimum absolute atomic E-state index is 0.0573. The molecule has 0 aliphatic rings. The number of ether oxygens (including phenoxy) is 1. The summed E-state index contributed by atoms with van der Waals surface area (Å²) in [6.07, 6.45) is 1.03. The molecule has 0 aromatic heterocycles. The van der Waals surface area contributed by atoms with Gasteiger partial charge in [-0.3, -0.25) is 13.9 Å². The molecule has 0 fully saturated rings. The topological polar surface area (TPSA) is 96.0 Å². The molecule has 2 amide bonds. The summed E-state index contributed by atoms with van der Waals surface area (Å²) in [5, 5.41) is 3.36. The minimum atomic E-state index is -4.31. The van der Waals surface area contributed by atoms with E-state index < -0.39 is 34.3 Å². The quantitative estimate of drug-likeness (QED) is 0.266. The number of amides is 2. The van der Waals surface area contributed by atoms with E-state index in [0.29, 0.717) is 30.3 Å². The summed E-state index contributed by atoms with van der Waals surface area (Å²) in [5.41, 5.74) is 0.930. The number of rotatable bonds is 14. The molecule has 3 aromatic rings. The Balaban J connectivity index is 2.04. The lowest BCUT2D eigenvalue weighted by atomic mass is 10.1. The average molecular weight is 604 g/mol. The number of hydrogen-bond donors (Lipinski definition) is 1. The number of anilines is 1. The van der Waals surface area contributed by atoms with Gasteiger partial charge in [0.2, 0.25) is 11.8 Å². The molecule has 0 unspecified atom stereocenters. The van der Waals surface area contributed by atoms with Gasteiger partial charge >= 0.3 is 0 Å². The SMILES string of the molecule is CCCNC(=O)[C@H](CC)N(Cc1ccc(Cl)cc1)C(=O)CN(c1ccc(OCC)cc1)S(=O)(=O)c1ccc(F)cc1. The van der Waals surface area contributed by atoms with Crippen molar-refractivity contribution < 1.29 is 27.1 Å². The van der Waals surface area contributed by atoms with Gasteiger partial charge in [0.25, 0.3) is 10.0 Å². The normalized spacial score (nSPS) is 11.9. The summed E-state index contributed by atoms with van der Waals surface area (Å²) < 4.78 is 47.7. The number of sulfonamides is 1. The van der Waals surface area contributed by atoms with Gasteiger partial charge in [0.1, 0.15) is 24.2 Å². The molecule has 41 heavy (non-hydrogen) atoms. The first kappa shape index (κ1) is 31.9. The standard InChI is InChI=1S/C30H35ClFN3O5S/c1-4-19-33-30(37)28(5-2)34(20-22-7-9-23(31)10-8-22)29(36)21-35(25-13-15-26(16-14-25)40-6-3)41(38,39)27-17-11-24(32)12-18-27/h7-18,28H,4-6,19-21H2,1-3H3,(H,33,37)/t28-/m0/s1. The number of carbonyl (C=O) groups excluding carboxylic acids is 2. The van der Waals surface area contributed by atoms with Crippen LogP contribution in [-0.4, -0.2) is 50.9 Å². The Labute approximate surface area is 246 Å². The third-order valence-electron chi connectivity index (χ3n) is 6.32. The summed E-state index contributed by atoms with van der Waals surface area (Å²) >= 11 is 6.04. The van der Waals surface area contributed by atoms with Gasteiger partial charge in [-0.2, -0.15) is 0 Å². The number of nitrogens with one attached hydrogen (secondary N) is 1. The van der Waals surface area contributed by atoms with Crippen molar-refractivity contribution in [3.63, 3.8) is 0 Å². The third-order valence-corrected chi connectivity index (χ3v) is 8.36. The molecule has 0 saturated carbocycles. The van der Waals surface area contributed by atoms with Crippen LogP contribution in [0.2, 0.25) is 5.02 Å². The molecule has 3 aromatic carbocycles. The Morgan fingerprint density at radius 1 is 0.951 bits per heavy atom. The molecule has 0 aliphatic carbocycles. The molecule has 0 spiro atoms. The van der Waals surface area contributed by atoms with Crippen LogP contribution in [0.3, 0.4) is 0 Å². The molecule has 1 atom stereocenters. The summed E-state index contributed by atoms with van der Waals surface area (Å²) in [4.78, 5) is 28.3. The van der Waals surface area contributed by atoms with Gasteiger partial charge in [-0.05, 0) is 86.0 Å². The number of nitrogens with zero attached hydrogens (tertiary/aromatic N) is 2. The second-order valence-corrected chi connectivity index (χ2v) is 11.6. The van der Waals surface area contributed by atoms with Gasteiger partial charge < -0.3 is 15.0 Å². The highest BCUT2D eigenvalue weighted by atomic mass is 35.5. The predicted molar refractivity (Wildman–Crippen MR) is 158 cm³/mol. The lowest BCUT2D eigenvalue weighted by Gasteiger charge is -2.33. The fraction of sp³-hybridized carbons (Fsp3) is 0.333. The van der Waals surface area contributed by atoms with Crippen LogP contribution in [0.25, 0.3) is 0 Å². The zero-order valence-electron chi connectivity index (χ0n) is 23.3. The molecular formula is C30H35ClFN3O5S. The number of benzene rings is 3. The largest absolute Gasteiger partial charge is 0.494 e. The van der Waals surface area contributed by atoms with Crippen molar-refractivity contribution in [3.05, 3.63) is 89.2 Å². The summed E-state index contributed by atoms with van der Waals surface area (Å²) in [7, 11) is -4.31. The first-order valence-electron chi connectivity index (χ1n) is 13.4. The smallest absolute Gasteiger partial charge is 0.264 e. The maximum Gasteiger partial charge on any atom is 0.264 e. The van der Waals surface area contributed by atoms with Crippen LogP contribution in [0.4, 0.5) is 10.1 Å². The zero-order chi connectivity index (χ0) is 30.0. The van der Waals surface area contributed by atoms with E-state index in [4.69, 9.17) is 16.3 Å². The lowest BCUT2D eigenvalue weighted by Crippen LogP contribution is -2.52. The summed E-state index contributed by atoms with van der Waals surface area (Å²) in [6.45, 7) is 5.86. The van der Waals surface area contributed by atoms with Crippen molar-refractivity contribution in [3.8, 4) is 5.75 Å². The highest BCUT2D eigenvalue weighted by molar-refractivity contribution is 7.92. The lowest BCUT2D eigenvalue weighted by molar-refractivity contribution is -0.140. The van der Waals surface area contributed by atoms with Gasteiger partial charge in [0.15, 0.2) is 0 Å². The zero-order valence-corrected chi connectivity index (χ0v) is 24.9. The van der Waals surface area contributed by atoms with E-state index in [2.05, 4.69) is 5.32 Å². The Morgan fingerprint density at radius 2 is 1.59 bits per heavy atom. The van der Waals surface area contributed by atoms with E-state index in [1.54, 1.807) is 43.3 Å². The first-order valence-corrected chi connectivity index (χ1v) is 15.2. The van der Waals surface area contributed by atoms with Crippen molar-refractivity contribution >= 4 is 39.1 Å². The Kier molecular flexibility index (Phi) is 11.5. The fourth-order valence-electron chi connectivity index (χ4n) is 4.21. The van der Waals surface area contributed by atoms with Gasteiger partial charge in [-0.25, -0.2) is 12.8 Å². The van der Waals surface area contributed by atoms with E-state index >= 15 is 0 Å². The highest BCUT2D eigenvalue weighted by Crippen LogP contribution is 2.27.